The van der Waals surface area contributed by atoms with Gasteiger partial charge in [0.1, 0.15) is 10.9 Å². The number of hydrogen-bond donors (Lipinski definition) is 1. The van der Waals surface area contributed by atoms with E-state index in [4.69, 9.17) is 0 Å². The summed E-state index contributed by atoms with van der Waals surface area (Å²) in [5.41, 5.74) is 1.32. The maximum atomic E-state index is 13.1. The molecule has 128 valence electrons. The first-order valence-electron chi connectivity index (χ1n) is 7.90. The second kappa shape index (κ2) is 6.14. The average Bonchev–Trinajstić information content (AvgIpc) is 2.53. The predicted molar refractivity (Wildman–Crippen MR) is 90.2 cm³/mol. The van der Waals surface area contributed by atoms with Gasteiger partial charge < -0.3 is 5.11 Å². The minimum absolute atomic E-state index is 0.0702. The summed E-state index contributed by atoms with van der Waals surface area (Å²) < 4.78 is 27.4. The van der Waals surface area contributed by atoms with E-state index in [0.717, 1.165) is 15.3 Å². The van der Waals surface area contributed by atoms with Crippen LogP contribution in [0.1, 0.15) is 25.3 Å². The van der Waals surface area contributed by atoms with Crippen molar-refractivity contribution in [3.8, 4) is 0 Å². The third-order valence-electron chi connectivity index (χ3n) is 4.50. The summed E-state index contributed by atoms with van der Waals surface area (Å²) in [4.78, 5) is 15.9. The van der Waals surface area contributed by atoms with Crippen molar-refractivity contribution in [1.82, 2.24) is 9.29 Å². The Balaban J connectivity index is 2.12. The highest BCUT2D eigenvalue weighted by atomic mass is 32.2. The summed E-state index contributed by atoms with van der Waals surface area (Å²) in [5.74, 6) is -0.917. The van der Waals surface area contributed by atoms with E-state index in [9.17, 15) is 18.3 Å². The summed E-state index contributed by atoms with van der Waals surface area (Å²) in [6.45, 7) is 4.05. The lowest BCUT2D eigenvalue weighted by molar-refractivity contribution is -0.143. The molecule has 1 aliphatic heterocycles. The number of fused-ring (bicyclic) bond motifs is 1. The normalized spacial score (nSPS) is 22.6. The van der Waals surface area contributed by atoms with E-state index in [1.807, 2.05) is 19.9 Å². The Morgan fingerprint density at radius 2 is 2.12 bits per heavy atom. The third kappa shape index (κ3) is 2.89. The highest BCUT2D eigenvalue weighted by Crippen LogP contribution is 2.31. The zero-order valence-corrected chi connectivity index (χ0v) is 14.5. The van der Waals surface area contributed by atoms with Crippen LogP contribution >= 0.6 is 0 Å². The van der Waals surface area contributed by atoms with Crippen LogP contribution < -0.4 is 0 Å². The highest BCUT2D eigenvalue weighted by molar-refractivity contribution is 7.89. The Hall–Kier alpha value is -1.99. The maximum absolute atomic E-state index is 13.1. The van der Waals surface area contributed by atoms with E-state index in [-0.39, 0.29) is 17.4 Å². The topological polar surface area (TPSA) is 87.6 Å². The molecule has 7 heteroatoms. The first kappa shape index (κ1) is 16.9. The van der Waals surface area contributed by atoms with E-state index < -0.39 is 22.0 Å². The van der Waals surface area contributed by atoms with Crippen molar-refractivity contribution in [2.45, 2.75) is 37.6 Å². The van der Waals surface area contributed by atoms with Gasteiger partial charge in [-0.15, -0.1) is 0 Å². The number of benzene rings is 1. The number of aromatic nitrogens is 1. The van der Waals surface area contributed by atoms with Gasteiger partial charge in [-0.1, -0.05) is 19.1 Å². The molecule has 0 spiro atoms. The van der Waals surface area contributed by atoms with Crippen LogP contribution in [0.15, 0.2) is 35.4 Å². The Bertz CT molecular complexity index is 895. The first-order chi connectivity index (χ1) is 11.3. The van der Waals surface area contributed by atoms with Crippen molar-refractivity contribution < 1.29 is 18.3 Å². The van der Waals surface area contributed by atoms with Gasteiger partial charge in [0.2, 0.25) is 10.0 Å². The Morgan fingerprint density at radius 3 is 2.83 bits per heavy atom. The largest absolute Gasteiger partial charge is 0.480 e. The molecule has 1 saturated heterocycles. The van der Waals surface area contributed by atoms with Gasteiger partial charge in [-0.05, 0) is 43.4 Å². The molecule has 0 bridgehead atoms. The summed E-state index contributed by atoms with van der Waals surface area (Å²) in [7, 11) is -3.93. The number of hydrogen-bond acceptors (Lipinski definition) is 4. The molecule has 6 nitrogen and oxygen atoms in total. The second-order valence-electron chi connectivity index (χ2n) is 6.44. The van der Waals surface area contributed by atoms with Crippen molar-refractivity contribution in [2.75, 3.05) is 6.54 Å². The van der Waals surface area contributed by atoms with Crippen molar-refractivity contribution >= 4 is 26.9 Å². The van der Waals surface area contributed by atoms with Crippen LogP contribution in [-0.2, 0) is 14.8 Å². The minimum Gasteiger partial charge on any atom is -0.480 e. The van der Waals surface area contributed by atoms with Gasteiger partial charge in [0.05, 0.1) is 5.52 Å². The van der Waals surface area contributed by atoms with E-state index >= 15 is 0 Å². The van der Waals surface area contributed by atoms with Crippen LogP contribution in [-0.4, -0.2) is 41.4 Å². The molecule has 3 rings (SSSR count). The molecular weight excluding hydrogens is 328 g/mol. The van der Waals surface area contributed by atoms with Crippen LogP contribution in [0, 0.1) is 12.8 Å². The van der Waals surface area contributed by atoms with Gasteiger partial charge in [0.15, 0.2) is 0 Å². The molecule has 1 aromatic carbocycles. The molecule has 2 aromatic rings. The number of aliphatic carboxylic acids is 1. The lowest BCUT2D eigenvalue weighted by atomic mass is 9.94. The lowest BCUT2D eigenvalue weighted by Crippen LogP contribution is -2.49. The molecule has 0 saturated carbocycles. The van der Waals surface area contributed by atoms with Crippen LogP contribution in [0.5, 0.6) is 0 Å². The summed E-state index contributed by atoms with van der Waals surface area (Å²) >= 11 is 0. The molecule has 2 heterocycles. The van der Waals surface area contributed by atoms with Gasteiger partial charge in [-0.25, -0.2) is 8.42 Å². The van der Waals surface area contributed by atoms with Crippen LogP contribution in [0.2, 0.25) is 0 Å². The molecule has 1 aromatic heterocycles. The monoisotopic (exact) mass is 348 g/mol. The fraction of sp³-hybridized carbons (Fsp3) is 0.412. The molecule has 1 aliphatic rings. The fourth-order valence-electron chi connectivity index (χ4n) is 3.21. The number of para-hydroxylation sites is 1. The maximum Gasteiger partial charge on any atom is 0.322 e. The standard InChI is InChI=1S/C17H20N2O4S/c1-11-6-7-19(14(9-11)17(20)21)24(22,23)15-5-3-4-13-8-12(2)10-18-16(13)15/h3-5,8,10-11,14H,6-7,9H2,1-2H3,(H,20,21)/t11-,14-/m1/s1. The quantitative estimate of drug-likeness (QED) is 0.920. The van der Waals surface area contributed by atoms with E-state index in [0.29, 0.717) is 18.4 Å². The third-order valence-corrected chi connectivity index (χ3v) is 6.44. The smallest absolute Gasteiger partial charge is 0.322 e. The molecule has 2 atom stereocenters. The van der Waals surface area contributed by atoms with Gasteiger partial charge in [0, 0.05) is 18.1 Å². The number of sulfonamides is 1. The van der Waals surface area contributed by atoms with Gasteiger partial charge in [-0.2, -0.15) is 4.31 Å². The highest BCUT2D eigenvalue weighted by Gasteiger charge is 2.40. The molecule has 24 heavy (non-hydrogen) atoms. The van der Waals surface area contributed by atoms with Crippen LogP contribution in [0.4, 0.5) is 0 Å². The number of aryl methyl sites for hydroxylation is 1. The summed E-state index contributed by atoms with van der Waals surface area (Å²) in [6, 6.07) is 5.81. The molecule has 0 aliphatic carbocycles. The second-order valence-corrected chi connectivity index (χ2v) is 8.30. The van der Waals surface area contributed by atoms with Gasteiger partial charge >= 0.3 is 5.97 Å². The number of carbonyl (C=O) groups is 1. The fourth-order valence-corrected chi connectivity index (χ4v) is 4.98. The number of nitrogens with zero attached hydrogens (tertiary/aromatic N) is 2. The zero-order chi connectivity index (χ0) is 17.5. The molecule has 0 amide bonds. The molecule has 1 fully saturated rings. The molecule has 1 N–H and O–H groups in total. The number of piperidine rings is 1. The molecular formula is C17H20N2O4S. The number of carboxylic acid groups (broad SMARTS) is 1. The van der Waals surface area contributed by atoms with Crippen LogP contribution in [0.25, 0.3) is 10.9 Å². The van der Waals surface area contributed by atoms with Crippen molar-refractivity contribution in [2.24, 2.45) is 5.92 Å². The number of rotatable bonds is 3. The average molecular weight is 348 g/mol. The zero-order valence-electron chi connectivity index (χ0n) is 13.6. The Labute approximate surface area is 141 Å². The van der Waals surface area contributed by atoms with Crippen molar-refractivity contribution in [3.05, 3.63) is 36.0 Å². The van der Waals surface area contributed by atoms with Gasteiger partial charge in [-0.3, -0.25) is 9.78 Å². The molecule has 0 unspecified atom stereocenters. The van der Waals surface area contributed by atoms with Gasteiger partial charge in [0.25, 0.3) is 0 Å². The first-order valence-corrected chi connectivity index (χ1v) is 9.34. The summed E-state index contributed by atoms with van der Waals surface area (Å²) in [6.07, 6.45) is 2.60. The summed E-state index contributed by atoms with van der Waals surface area (Å²) in [5, 5.41) is 10.2. The van der Waals surface area contributed by atoms with Crippen LogP contribution in [0.3, 0.4) is 0 Å². The molecule has 0 radical (unpaired) electrons. The van der Waals surface area contributed by atoms with E-state index in [2.05, 4.69) is 4.98 Å². The lowest BCUT2D eigenvalue weighted by Gasteiger charge is -2.35. The Morgan fingerprint density at radius 1 is 1.38 bits per heavy atom. The predicted octanol–water partition coefficient (Wildman–Crippen LogP) is 2.42. The number of carboxylic acids is 1. The Kier molecular flexibility index (Phi) is 4.31. The minimum atomic E-state index is -3.93. The van der Waals surface area contributed by atoms with E-state index in [1.165, 1.54) is 6.07 Å². The van der Waals surface area contributed by atoms with Crippen molar-refractivity contribution in [3.63, 3.8) is 0 Å². The van der Waals surface area contributed by atoms with E-state index in [1.54, 1.807) is 18.3 Å². The number of pyridine rings is 1. The SMILES string of the molecule is Cc1cnc2c(S(=O)(=O)N3CC[C@@H](C)C[C@@H]3C(=O)O)cccc2c1. The van der Waals surface area contributed by atoms with Crippen molar-refractivity contribution in [1.29, 1.82) is 0 Å².